The largest absolute Gasteiger partial charge is 0.355 e. The zero-order chi connectivity index (χ0) is 17.1. The molecule has 0 heterocycles. The Balaban J connectivity index is 0.000000980. The van der Waals surface area contributed by atoms with Crippen LogP contribution in [0.1, 0.15) is 28.8 Å². The van der Waals surface area contributed by atoms with Gasteiger partial charge >= 0.3 is 0 Å². The fourth-order valence-electron chi connectivity index (χ4n) is 1.73. The van der Waals surface area contributed by atoms with Crippen LogP contribution in [0, 0.1) is 5.82 Å². The van der Waals surface area contributed by atoms with Crippen LogP contribution in [0.5, 0.6) is 0 Å². The van der Waals surface area contributed by atoms with Crippen molar-refractivity contribution < 1.29 is 9.18 Å². The Kier molecular flexibility index (Phi) is 10.9. The zero-order valence-corrected chi connectivity index (χ0v) is 14.8. The van der Waals surface area contributed by atoms with Gasteiger partial charge in [0.15, 0.2) is 0 Å². The molecule has 0 aliphatic heterocycles. The van der Waals surface area contributed by atoms with Gasteiger partial charge in [-0.25, -0.2) is 4.39 Å². The molecule has 0 aromatic heterocycles. The van der Waals surface area contributed by atoms with Crippen molar-refractivity contribution in [2.24, 2.45) is 5.73 Å². The lowest BCUT2D eigenvalue weighted by molar-refractivity contribution is 0.0959. The van der Waals surface area contributed by atoms with Gasteiger partial charge in [-0.2, -0.15) is 12.6 Å². The van der Waals surface area contributed by atoms with Crippen molar-refractivity contribution in [2.75, 3.05) is 34.7 Å². The van der Waals surface area contributed by atoms with Crippen LogP contribution in [0.4, 0.5) is 4.39 Å². The minimum Gasteiger partial charge on any atom is -0.355 e. The fourth-order valence-corrected chi connectivity index (χ4v) is 2.13. The molecule has 0 radical (unpaired) electrons. The highest BCUT2D eigenvalue weighted by Gasteiger charge is 2.12. The second kappa shape index (κ2) is 11.5. The van der Waals surface area contributed by atoms with Gasteiger partial charge in [0, 0.05) is 12.3 Å². The first-order valence-electron chi connectivity index (χ1n) is 7.31. The SMILES string of the molecule is CN(C)C.CNC(=O)c1ccc(CC(S)CCCN)cc1F. The molecule has 0 aliphatic rings. The number of benzene rings is 1. The second-order valence-electron chi connectivity index (χ2n) is 5.52. The number of nitrogens with zero attached hydrogens (tertiary/aromatic N) is 1. The molecule has 0 saturated heterocycles. The van der Waals surface area contributed by atoms with E-state index in [-0.39, 0.29) is 10.8 Å². The predicted molar refractivity (Wildman–Crippen MR) is 94.2 cm³/mol. The van der Waals surface area contributed by atoms with Gasteiger partial charge in [-0.15, -0.1) is 0 Å². The first-order valence-corrected chi connectivity index (χ1v) is 7.83. The second-order valence-corrected chi connectivity index (χ2v) is 6.25. The Labute approximate surface area is 138 Å². The average molecular weight is 329 g/mol. The lowest BCUT2D eigenvalue weighted by atomic mass is 10.0. The Bertz CT molecular complexity index is 452. The van der Waals surface area contributed by atoms with Crippen molar-refractivity contribution in [3.05, 3.63) is 35.1 Å². The van der Waals surface area contributed by atoms with Crippen LogP contribution in [0.2, 0.25) is 0 Å². The normalized spacial score (nSPS) is 11.6. The van der Waals surface area contributed by atoms with E-state index in [9.17, 15) is 9.18 Å². The van der Waals surface area contributed by atoms with Gasteiger partial charge in [0.1, 0.15) is 5.82 Å². The summed E-state index contributed by atoms with van der Waals surface area (Å²) in [6.07, 6.45) is 2.49. The molecule has 1 rings (SSSR count). The third-order valence-electron chi connectivity index (χ3n) is 2.72. The molecule has 0 spiro atoms. The molecule has 1 aromatic rings. The maximum absolute atomic E-state index is 13.7. The smallest absolute Gasteiger partial charge is 0.253 e. The molecule has 0 bridgehead atoms. The molecule has 22 heavy (non-hydrogen) atoms. The Morgan fingerprint density at radius 2 is 2.00 bits per heavy atom. The molecule has 1 amide bonds. The van der Waals surface area contributed by atoms with E-state index in [1.807, 2.05) is 26.0 Å². The molecule has 3 N–H and O–H groups in total. The van der Waals surface area contributed by atoms with Crippen molar-refractivity contribution >= 4 is 18.5 Å². The van der Waals surface area contributed by atoms with Crippen molar-refractivity contribution in [1.82, 2.24) is 10.2 Å². The van der Waals surface area contributed by atoms with Crippen LogP contribution < -0.4 is 11.1 Å². The molecule has 0 aliphatic carbocycles. The standard InChI is InChI=1S/C13H19FN2OS.C3H9N/c1-16-13(17)11-5-4-9(8-12(11)14)7-10(18)3-2-6-15;1-4(2)3/h4-5,8,10,18H,2-3,6-7,15H2,1H3,(H,16,17);1-3H3. The molecule has 126 valence electrons. The van der Waals surface area contributed by atoms with Crippen LogP contribution in [-0.4, -0.2) is 50.8 Å². The zero-order valence-electron chi connectivity index (χ0n) is 13.9. The summed E-state index contributed by atoms with van der Waals surface area (Å²) < 4.78 is 13.7. The highest BCUT2D eigenvalue weighted by molar-refractivity contribution is 7.80. The Hall–Kier alpha value is -1.11. The summed E-state index contributed by atoms with van der Waals surface area (Å²) in [7, 11) is 7.48. The Morgan fingerprint density at radius 1 is 1.41 bits per heavy atom. The number of carbonyl (C=O) groups excluding carboxylic acids is 1. The van der Waals surface area contributed by atoms with E-state index in [0.717, 1.165) is 18.4 Å². The van der Waals surface area contributed by atoms with Gasteiger partial charge in [-0.05, 0) is 64.6 Å². The molecule has 6 heteroatoms. The number of carbonyl (C=O) groups is 1. The summed E-state index contributed by atoms with van der Waals surface area (Å²) in [6.45, 7) is 0.640. The van der Waals surface area contributed by atoms with E-state index in [1.165, 1.54) is 19.2 Å². The lowest BCUT2D eigenvalue weighted by Gasteiger charge is -2.11. The molecule has 4 nitrogen and oxygen atoms in total. The molecule has 0 fully saturated rings. The van der Waals surface area contributed by atoms with Crippen molar-refractivity contribution in [1.29, 1.82) is 0 Å². The van der Waals surface area contributed by atoms with Gasteiger partial charge in [-0.3, -0.25) is 4.79 Å². The van der Waals surface area contributed by atoms with E-state index in [1.54, 1.807) is 6.07 Å². The van der Waals surface area contributed by atoms with E-state index in [2.05, 4.69) is 17.9 Å². The molecule has 1 atom stereocenters. The Morgan fingerprint density at radius 3 is 2.45 bits per heavy atom. The molecular formula is C16H28FN3OS. The molecule has 1 unspecified atom stereocenters. The van der Waals surface area contributed by atoms with E-state index >= 15 is 0 Å². The summed E-state index contributed by atoms with van der Waals surface area (Å²) in [5.41, 5.74) is 6.34. The molecule has 1 aromatic carbocycles. The first-order chi connectivity index (χ1) is 10.3. The maximum Gasteiger partial charge on any atom is 0.253 e. The fraction of sp³-hybridized carbons (Fsp3) is 0.562. The third kappa shape index (κ3) is 9.02. The van der Waals surface area contributed by atoms with Crippen LogP contribution in [0.3, 0.4) is 0 Å². The molecular weight excluding hydrogens is 301 g/mol. The third-order valence-corrected chi connectivity index (χ3v) is 3.16. The highest BCUT2D eigenvalue weighted by atomic mass is 32.1. The number of nitrogens with two attached hydrogens (primary N) is 1. The minimum absolute atomic E-state index is 0.0684. The van der Waals surface area contributed by atoms with Crippen molar-refractivity contribution in [3.8, 4) is 0 Å². The minimum atomic E-state index is -0.494. The number of nitrogens with one attached hydrogen (secondary N) is 1. The summed E-state index contributed by atoms with van der Waals surface area (Å²) in [5.74, 6) is -0.907. The van der Waals surface area contributed by atoms with Crippen LogP contribution in [0.25, 0.3) is 0 Å². The maximum atomic E-state index is 13.7. The number of rotatable bonds is 6. The van der Waals surface area contributed by atoms with Gasteiger partial charge in [0.25, 0.3) is 5.91 Å². The van der Waals surface area contributed by atoms with Crippen LogP contribution in [0.15, 0.2) is 18.2 Å². The summed E-state index contributed by atoms with van der Waals surface area (Å²) >= 11 is 4.44. The number of hydrogen-bond donors (Lipinski definition) is 3. The topological polar surface area (TPSA) is 58.4 Å². The van der Waals surface area contributed by atoms with E-state index in [4.69, 9.17) is 5.73 Å². The van der Waals surface area contributed by atoms with Crippen LogP contribution in [-0.2, 0) is 6.42 Å². The summed E-state index contributed by atoms with van der Waals surface area (Å²) in [5, 5.41) is 2.57. The van der Waals surface area contributed by atoms with Crippen molar-refractivity contribution in [3.63, 3.8) is 0 Å². The van der Waals surface area contributed by atoms with E-state index in [0.29, 0.717) is 13.0 Å². The van der Waals surface area contributed by atoms with Crippen LogP contribution >= 0.6 is 12.6 Å². The predicted octanol–water partition coefficient (Wildman–Crippen LogP) is 1.94. The average Bonchev–Trinajstić information content (AvgIpc) is 2.44. The summed E-state index contributed by atoms with van der Waals surface area (Å²) in [6, 6.07) is 4.67. The lowest BCUT2D eigenvalue weighted by Crippen LogP contribution is -2.19. The number of halogens is 1. The molecule has 0 saturated carbocycles. The number of thiol groups is 1. The van der Waals surface area contributed by atoms with Gasteiger partial charge in [0.05, 0.1) is 5.56 Å². The van der Waals surface area contributed by atoms with Gasteiger partial charge in [0.2, 0.25) is 0 Å². The summed E-state index contributed by atoms with van der Waals surface area (Å²) in [4.78, 5) is 13.3. The number of hydrogen-bond acceptors (Lipinski definition) is 4. The monoisotopic (exact) mass is 329 g/mol. The van der Waals surface area contributed by atoms with Crippen molar-refractivity contribution in [2.45, 2.75) is 24.5 Å². The van der Waals surface area contributed by atoms with Gasteiger partial charge < -0.3 is 16.0 Å². The first kappa shape index (κ1) is 20.9. The quantitative estimate of drug-likeness (QED) is 0.699. The number of amides is 1. The van der Waals surface area contributed by atoms with Gasteiger partial charge in [-0.1, -0.05) is 6.07 Å². The van der Waals surface area contributed by atoms with E-state index < -0.39 is 11.7 Å². The highest BCUT2D eigenvalue weighted by Crippen LogP contribution is 2.16.